The Morgan fingerprint density at radius 1 is 0.846 bits per heavy atom. The molecule has 5 rings (SSSR count). The Balaban J connectivity index is 1.74. The van der Waals surface area contributed by atoms with E-state index in [0.29, 0.717) is 36.8 Å². The molecule has 1 N–H and O–H groups in total. The molecule has 2 aromatic rings. The van der Waals surface area contributed by atoms with Gasteiger partial charge in [-0.25, -0.2) is 0 Å². The van der Waals surface area contributed by atoms with Gasteiger partial charge in [-0.15, -0.1) is 0 Å². The fourth-order valence-electron chi connectivity index (χ4n) is 5.95. The molecule has 0 saturated carbocycles. The molecule has 2 aliphatic carbocycles. The first-order valence-electron chi connectivity index (χ1n) is 12.9. The van der Waals surface area contributed by atoms with Crippen LogP contribution in [0.5, 0.6) is 5.75 Å². The Bertz CT molecular complexity index is 1530. The van der Waals surface area contributed by atoms with Crippen LogP contribution in [0, 0.1) is 17.8 Å². The van der Waals surface area contributed by atoms with Gasteiger partial charge in [0.15, 0.2) is 17.3 Å². The summed E-state index contributed by atoms with van der Waals surface area (Å²) < 4.78 is 32.4. The highest BCUT2D eigenvalue weighted by Gasteiger charge is 2.47. The minimum atomic E-state index is -4.29. The van der Waals surface area contributed by atoms with Gasteiger partial charge in [-0.2, -0.15) is 8.42 Å². The van der Waals surface area contributed by atoms with Crippen molar-refractivity contribution < 1.29 is 22.2 Å². The molecule has 9 heteroatoms. The van der Waals surface area contributed by atoms with Crippen LogP contribution in [0.15, 0.2) is 63.8 Å². The van der Waals surface area contributed by atoms with Gasteiger partial charge in [0.25, 0.3) is 0 Å². The van der Waals surface area contributed by atoms with Gasteiger partial charge in [0.1, 0.15) is 4.90 Å². The van der Waals surface area contributed by atoms with Crippen molar-refractivity contribution in [1.29, 1.82) is 0 Å². The van der Waals surface area contributed by atoms with Gasteiger partial charge in [-0.3, -0.25) is 9.59 Å². The molecule has 3 aliphatic rings. The topological polar surface area (TPSA) is 89.5 Å². The minimum absolute atomic E-state index is 0.0248. The van der Waals surface area contributed by atoms with Crippen LogP contribution in [0.2, 0.25) is 10.0 Å². The molecule has 0 saturated heterocycles. The maximum Gasteiger partial charge on any atom is 0.339 e. The van der Waals surface area contributed by atoms with Gasteiger partial charge in [-0.1, -0.05) is 68.6 Å². The lowest BCUT2D eigenvalue weighted by molar-refractivity contribution is -0.119. The average Bonchev–Trinajstić information content (AvgIpc) is 2.78. The third kappa shape index (κ3) is 5.29. The van der Waals surface area contributed by atoms with Crippen LogP contribution in [0.1, 0.15) is 70.4 Å². The van der Waals surface area contributed by atoms with Crippen molar-refractivity contribution in [2.24, 2.45) is 10.8 Å². The molecule has 0 bridgehead atoms. The molecule has 0 radical (unpaired) electrons. The van der Waals surface area contributed by atoms with Gasteiger partial charge in [-0.05, 0) is 54.9 Å². The molecular formula is C30H31Cl2NO5S. The summed E-state index contributed by atoms with van der Waals surface area (Å²) in [5.74, 6) is -1.21. The van der Waals surface area contributed by atoms with Crippen molar-refractivity contribution in [3.63, 3.8) is 0 Å². The molecule has 0 fully saturated rings. The van der Waals surface area contributed by atoms with Crippen LogP contribution in [-0.2, 0) is 19.7 Å². The number of rotatable bonds is 4. The number of aryl methyl sites for hydroxylation is 1. The lowest BCUT2D eigenvalue weighted by atomic mass is 9.64. The fourth-order valence-corrected chi connectivity index (χ4v) is 7.51. The summed E-state index contributed by atoms with van der Waals surface area (Å²) in [6.07, 6.45) is 1.78. The van der Waals surface area contributed by atoms with Crippen molar-refractivity contribution >= 4 is 44.9 Å². The summed E-state index contributed by atoms with van der Waals surface area (Å²) >= 11 is 13.0. The molecule has 0 unspecified atom stereocenters. The first-order valence-corrected chi connectivity index (χ1v) is 15.0. The van der Waals surface area contributed by atoms with E-state index in [4.69, 9.17) is 27.4 Å². The molecular weight excluding hydrogens is 557 g/mol. The van der Waals surface area contributed by atoms with Crippen molar-refractivity contribution in [3.8, 4) is 5.75 Å². The second-order valence-electron chi connectivity index (χ2n) is 12.4. The van der Waals surface area contributed by atoms with E-state index in [2.05, 4.69) is 5.32 Å². The van der Waals surface area contributed by atoms with E-state index in [9.17, 15) is 18.0 Å². The zero-order chi connectivity index (χ0) is 28.5. The maximum atomic E-state index is 13.7. The van der Waals surface area contributed by atoms with Gasteiger partial charge >= 0.3 is 10.1 Å². The predicted octanol–water partition coefficient (Wildman–Crippen LogP) is 7.04. The highest BCUT2D eigenvalue weighted by molar-refractivity contribution is 7.87. The monoisotopic (exact) mass is 587 g/mol. The normalized spacial score (nSPS) is 20.9. The molecule has 0 amide bonds. The first-order chi connectivity index (χ1) is 18.1. The highest BCUT2D eigenvalue weighted by atomic mass is 35.5. The zero-order valence-electron chi connectivity index (χ0n) is 22.6. The summed E-state index contributed by atoms with van der Waals surface area (Å²) in [6.45, 7) is 9.98. The van der Waals surface area contributed by atoms with Crippen molar-refractivity contribution in [1.82, 2.24) is 5.32 Å². The number of nitrogens with one attached hydrogen (secondary N) is 1. The Hall–Kier alpha value is -2.61. The number of hydrogen-bond donors (Lipinski definition) is 1. The Morgan fingerprint density at radius 2 is 1.36 bits per heavy atom. The van der Waals surface area contributed by atoms with E-state index in [0.717, 1.165) is 17.0 Å². The molecule has 1 heterocycles. The van der Waals surface area contributed by atoms with Crippen LogP contribution < -0.4 is 9.50 Å². The minimum Gasteiger partial charge on any atom is -0.377 e. The number of carbonyl (C=O) groups excluding carboxylic acids is 2. The molecule has 206 valence electrons. The van der Waals surface area contributed by atoms with E-state index >= 15 is 0 Å². The fraction of sp³-hybridized carbons (Fsp3) is 0.400. The van der Waals surface area contributed by atoms with Gasteiger partial charge in [0.05, 0.1) is 5.02 Å². The number of hydrogen-bond acceptors (Lipinski definition) is 6. The zero-order valence-corrected chi connectivity index (χ0v) is 24.9. The van der Waals surface area contributed by atoms with E-state index in [1.165, 1.54) is 18.2 Å². The predicted molar refractivity (Wildman–Crippen MR) is 151 cm³/mol. The summed E-state index contributed by atoms with van der Waals surface area (Å²) in [5, 5.41) is 3.67. The number of halogens is 2. The Labute approximate surface area is 239 Å². The summed E-state index contributed by atoms with van der Waals surface area (Å²) in [6, 6.07) is 9.21. The quantitative estimate of drug-likeness (QED) is 0.386. The van der Waals surface area contributed by atoms with Crippen LogP contribution in [-0.4, -0.2) is 20.0 Å². The van der Waals surface area contributed by atoms with Gasteiger partial charge < -0.3 is 9.50 Å². The van der Waals surface area contributed by atoms with E-state index < -0.39 is 16.0 Å². The van der Waals surface area contributed by atoms with E-state index in [-0.39, 0.29) is 48.7 Å². The molecule has 0 atom stereocenters. The molecule has 0 aromatic heterocycles. The first kappa shape index (κ1) is 27.9. The number of dihydropyridines is 1. The van der Waals surface area contributed by atoms with Crippen LogP contribution in [0.25, 0.3) is 0 Å². The molecule has 2 aromatic carbocycles. The standard InChI is InChI=1S/C30H31Cl2NO5S/c1-16-6-8-18(9-7-16)39(36,37)38-28-19(10-17(31)11-20(28)32)25-26-21(12-29(2,3)14-23(26)34)33-22-13-30(4,5)15-24(35)27(22)25/h6-11,25,33H,12-15H2,1-5H3. The molecule has 0 spiro atoms. The van der Waals surface area contributed by atoms with Crippen molar-refractivity contribution in [3.05, 3.63) is 80.1 Å². The van der Waals surface area contributed by atoms with Crippen molar-refractivity contribution in [2.45, 2.75) is 71.1 Å². The Kier molecular flexibility index (Phi) is 6.80. The smallest absolute Gasteiger partial charge is 0.339 e. The number of allylic oxidation sites excluding steroid dienone is 4. The highest BCUT2D eigenvalue weighted by Crippen LogP contribution is 2.53. The maximum absolute atomic E-state index is 13.7. The lowest BCUT2D eigenvalue weighted by Gasteiger charge is -2.44. The second kappa shape index (κ2) is 9.50. The Morgan fingerprint density at radius 3 is 1.87 bits per heavy atom. The molecule has 1 aliphatic heterocycles. The average molecular weight is 589 g/mol. The third-order valence-electron chi connectivity index (χ3n) is 7.57. The molecule has 39 heavy (non-hydrogen) atoms. The number of Topliss-reactive ketones (excluding diaryl/α,β-unsaturated/α-hetero) is 2. The van der Waals surface area contributed by atoms with Gasteiger partial charge in [0.2, 0.25) is 0 Å². The number of benzene rings is 2. The molecule has 6 nitrogen and oxygen atoms in total. The van der Waals surface area contributed by atoms with E-state index in [1.54, 1.807) is 18.2 Å². The summed E-state index contributed by atoms with van der Waals surface area (Å²) in [4.78, 5) is 27.4. The lowest BCUT2D eigenvalue weighted by Crippen LogP contribution is -2.42. The van der Waals surface area contributed by atoms with E-state index in [1.807, 2.05) is 34.6 Å². The largest absolute Gasteiger partial charge is 0.377 e. The third-order valence-corrected chi connectivity index (χ3v) is 9.30. The van der Waals surface area contributed by atoms with Crippen LogP contribution in [0.4, 0.5) is 0 Å². The summed E-state index contributed by atoms with van der Waals surface area (Å²) in [7, 11) is -4.29. The SMILES string of the molecule is Cc1ccc(S(=O)(=O)Oc2c(Cl)cc(Cl)cc2C2C3=C(CC(C)(C)CC3=O)NC3=C2C(=O)CC(C)(C)C3)cc1. The van der Waals surface area contributed by atoms with Gasteiger partial charge in [0, 0.05) is 51.9 Å². The van der Waals surface area contributed by atoms with Crippen LogP contribution >= 0.6 is 23.2 Å². The second-order valence-corrected chi connectivity index (χ2v) is 14.8. The summed E-state index contributed by atoms with van der Waals surface area (Å²) in [5.41, 5.74) is 2.99. The number of carbonyl (C=O) groups is 2. The van der Waals surface area contributed by atoms with Crippen molar-refractivity contribution in [2.75, 3.05) is 0 Å². The van der Waals surface area contributed by atoms with Crippen LogP contribution in [0.3, 0.4) is 0 Å². The number of ketones is 2.